The van der Waals surface area contributed by atoms with Crippen molar-refractivity contribution in [2.75, 3.05) is 32.1 Å². The maximum Gasteiger partial charge on any atom is 0.273 e. The van der Waals surface area contributed by atoms with E-state index in [1.807, 2.05) is 18.0 Å². The van der Waals surface area contributed by atoms with E-state index < -0.39 is 11.4 Å². The summed E-state index contributed by atoms with van der Waals surface area (Å²) in [5.74, 6) is -0.577. The van der Waals surface area contributed by atoms with Crippen LogP contribution in [0.3, 0.4) is 0 Å². The predicted octanol–water partition coefficient (Wildman–Crippen LogP) is 4.99. The first kappa shape index (κ1) is 23.5. The van der Waals surface area contributed by atoms with Crippen molar-refractivity contribution >= 4 is 34.8 Å². The molecule has 8 heteroatoms. The summed E-state index contributed by atoms with van der Waals surface area (Å²) in [5.41, 5.74) is 1.74. The van der Waals surface area contributed by atoms with Gasteiger partial charge in [0.25, 0.3) is 5.91 Å². The molecule has 1 saturated heterocycles. The van der Waals surface area contributed by atoms with Crippen LogP contribution in [-0.2, 0) is 4.79 Å². The Balaban J connectivity index is 1.71. The van der Waals surface area contributed by atoms with Crippen LogP contribution < -0.4 is 4.90 Å². The fourth-order valence-electron chi connectivity index (χ4n) is 4.91. The lowest BCUT2D eigenvalue weighted by Gasteiger charge is -2.44. The number of anilines is 2. The number of rotatable bonds is 4. The molecule has 2 heterocycles. The van der Waals surface area contributed by atoms with Crippen molar-refractivity contribution < 1.29 is 14.0 Å². The molecule has 1 saturated carbocycles. The number of halogens is 2. The molecule has 0 N–H and O–H groups in total. The third-order valence-electron chi connectivity index (χ3n) is 6.96. The third kappa shape index (κ3) is 4.31. The van der Waals surface area contributed by atoms with Crippen LogP contribution in [0.2, 0.25) is 5.02 Å². The largest absolute Gasteiger partial charge is 0.343 e. The second-order valence-electron chi connectivity index (χ2n) is 9.48. The number of nitrogens with zero attached hydrogens (tertiary/aromatic N) is 4. The number of piperazine rings is 1. The highest BCUT2D eigenvalue weighted by Crippen LogP contribution is 2.40. The number of amides is 2. The summed E-state index contributed by atoms with van der Waals surface area (Å²) in [7, 11) is 3.62. The molecule has 2 aromatic rings. The minimum atomic E-state index is -0.935. The van der Waals surface area contributed by atoms with Gasteiger partial charge in [-0.15, -0.1) is 0 Å². The van der Waals surface area contributed by atoms with Crippen molar-refractivity contribution in [3.8, 4) is 0 Å². The Morgan fingerprint density at radius 1 is 1.18 bits per heavy atom. The van der Waals surface area contributed by atoms with Crippen LogP contribution in [0.25, 0.3) is 0 Å². The number of carbonyl (C=O) groups is 2. The molecule has 1 aliphatic carbocycles. The molecule has 1 aromatic heterocycles. The van der Waals surface area contributed by atoms with Gasteiger partial charge in [-0.2, -0.15) is 0 Å². The Labute approximate surface area is 199 Å². The number of pyridine rings is 1. The SMILES string of the molecule is CN1CCN(C(=O)c2ccc(N(C)c3ccc(Cl)c(F)c3)c(C3CCCC3)n2)C(C)(C)C1=O. The van der Waals surface area contributed by atoms with Crippen molar-refractivity contribution in [1.29, 1.82) is 0 Å². The van der Waals surface area contributed by atoms with Crippen LogP contribution in [0.15, 0.2) is 30.3 Å². The van der Waals surface area contributed by atoms with E-state index in [1.165, 1.54) is 12.1 Å². The van der Waals surface area contributed by atoms with E-state index in [1.54, 1.807) is 42.8 Å². The molecular weight excluding hydrogens is 443 g/mol. The van der Waals surface area contributed by atoms with E-state index in [9.17, 15) is 14.0 Å². The topological polar surface area (TPSA) is 56.8 Å². The Hall–Kier alpha value is -2.67. The zero-order valence-corrected chi connectivity index (χ0v) is 20.3. The predicted molar refractivity (Wildman–Crippen MR) is 128 cm³/mol. The van der Waals surface area contributed by atoms with E-state index in [4.69, 9.17) is 16.6 Å². The molecule has 2 amide bonds. The first-order valence-electron chi connectivity index (χ1n) is 11.4. The Morgan fingerprint density at radius 3 is 2.55 bits per heavy atom. The zero-order valence-electron chi connectivity index (χ0n) is 19.6. The average Bonchev–Trinajstić information content (AvgIpc) is 3.33. The van der Waals surface area contributed by atoms with E-state index in [0.717, 1.165) is 37.1 Å². The molecule has 33 heavy (non-hydrogen) atoms. The quantitative estimate of drug-likeness (QED) is 0.628. The summed E-state index contributed by atoms with van der Waals surface area (Å²) in [5, 5.41) is 0.0755. The van der Waals surface area contributed by atoms with Gasteiger partial charge in [0.15, 0.2) is 0 Å². The fraction of sp³-hybridized carbons (Fsp3) is 0.480. The standard InChI is InChI=1S/C25H30ClFN4O2/c1-25(2)24(33)29(3)13-14-31(25)23(32)20-11-12-21(22(28-20)16-7-5-6-8-16)30(4)17-9-10-18(26)19(27)15-17/h9-12,15-16H,5-8,13-14H2,1-4H3. The maximum absolute atomic E-state index is 14.1. The minimum absolute atomic E-state index is 0.0755. The highest BCUT2D eigenvalue weighted by Gasteiger charge is 2.43. The second-order valence-corrected chi connectivity index (χ2v) is 9.89. The van der Waals surface area contributed by atoms with Gasteiger partial charge in [-0.25, -0.2) is 9.37 Å². The Kier molecular flexibility index (Phi) is 6.36. The van der Waals surface area contributed by atoms with Crippen molar-refractivity contribution in [2.24, 2.45) is 0 Å². The molecule has 2 fully saturated rings. The summed E-state index contributed by atoms with van der Waals surface area (Å²) in [6.07, 6.45) is 4.23. The molecule has 1 aromatic carbocycles. The molecule has 1 aliphatic heterocycles. The van der Waals surface area contributed by atoms with Crippen LogP contribution in [0, 0.1) is 5.82 Å². The first-order valence-corrected chi connectivity index (χ1v) is 11.8. The first-order chi connectivity index (χ1) is 15.6. The lowest BCUT2D eigenvalue weighted by atomic mass is 9.96. The third-order valence-corrected chi connectivity index (χ3v) is 7.27. The summed E-state index contributed by atoms with van der Waals surface area (Å²) in [6, 6.07) is 8.29. The van der Waals surface area contributed by atoms with E-state index >= 15 is 0 Å². The molecule has 2 aliphatic rings. The maximum atomic E-state index is 14.1. The van der Waals surface area contributed by atoms with Gasteiger partial charge in [-0.1, -0.05) is 24.4 Å². The van der Waals surface area contributed by atoms with Crippen LogP contribution in [0.4, 0.5) is 15.8 Å². The number of aromatic nitrogens is 1. The van der Waals surface area contributed by atoms with Crippen LogP contribution in [0.5, 0.6) is 0 Å². The molecule has 0 spiro atoms. The summed E-state index contributed by atoms with van der Waals surface area (Å²) < 4.78 is 14.1. The van der Waals surface area contributed by atoms with E-state index in [0.29, 0.717) is 24.5 Å². The monoisotopic (exact) mass is 472 g/mol. The summed E-state index contributed by atoms with van der Waals surface area (Å²) in [4.78, 5) is 36.2. The van der Waals surface area contributed by atoms with E-state index in [-0.39, 0.29) is 22.8 Å². The van der Waals surface area contributed by atoms with Crippen LogP contribution in [0.1, 0.15) is 61.6 Å². The van der Waals surface area contributed by atoms with Crippen molar-refractivity contribution in [2.45, 2.75) is 51.0 Å². The molecule has 0 bridgehead atoms. The molecule has 6 nitrogen and oxygen atoms in total. The van der Waals surface area contributed by atoms with Gasteiger partial charge < -0.3 is 14.7 Å². The normalized spacial score (nSPS) is 18.7. The van der Waals surface area contributed by atoms with Crippen molar-refractivity contribution in [3.63, 3.8) is 0 Å². The molecular formula is C25H30ClFN4O2. The highest BCUT2D eigenvalue weighted by atomic mass is 35.5. The highest BCUT2D eigenvalue weighted by molar-refractivity contribution is 6.30. The second kappa shape index (κ2) is 8.93. The molecule has 0 unspecified atom stereocenters. The fourth-order valence-corrected chi connectivity index (χ4v) is 5.03. The number of likely N-dealkylation sites (N-methyl/N-ethyl adjacent to an activating group) is 1. The van der Waals surface area contributed by atoms with Gasteiger partial charge in [0.2, 0.25) is 5.91 Å². The zero-order chi connectivity index (χ0) is 23.9. The summed E-state index contributed by atoms with van der Waals surface area (Å²) >= 11 is 5.86. The van der Waals surface area contributed by atoms with Gasteiger partial charge in [0, 0.05) is 38.8 Å². The van der Waals surface area contributed by atoms with Gasteiger partial charge >= 0.3 is 0 Å². The van der Waals surface area contributed by atoms with Gasteiger partial charge in [0.1, 0.15) is 17.1 Å². The van der Waals surface area contributed by atoms with Gasteiger partial charge in [-0.05, 0) is 57.0 Å². The molecule has 0 atom stereocenters. The lowest BCUT2D eigenvalue weighted by Crippen LogP contribution is -2.63. The summed E-state index contributed by atoms with van der Waals surface area (Å²) in [6.45, 7) is 4.50. The van der Waals surface area contributed by atoms with Crippen molar-refractivity contribution in [3.05, 3.63) is 52.6 Å². The minimum Gasteiger partial charge on any atom is -0.343 e. The number of carbonyl (C=O) groups excluding carboxylic acids is 2. The molecule has 4 rings (SSSR count). The van der Waals surface area contributed by atoms with E-state index in [2.05, 4.69) is 0 Å². The molecule has 0 radical (unpaired) electrons. The number of hydrogen-bond acceptors (Lipinski definition) is 4. The van der Waals surface area contributed by atoms with Crippen molar-refractivity contribution in [1.82, 2.24) is 14.8 Å². The Morgan fingerprint density at radius 2 is 1.88 bits per heavy atom. The molecule has 176 valence electrons. The number of benzene rings is 1. The smallest absolute Gasteiger partial charge is 0.273 e. The van der Waals surface area contributed by atoms with Crippen LogP contribution >= 0.6 is 11.6 Å². The van der Waals surface area contributed by atoms with Gasteiger partial charge in [-0.3, -0.25) is 9.59 Å². The number of hydrogen-bond donors (Lipinski definition) is 0. The van der Waals surface area contributed by atoms with Gasteiger partial charge in [0.05, 0.1) is 16.4 Å². The van der Waals surface area contributed by atoms with Crippen LogP contribution in [-0.4, -0.2) is 59.3 Å². The average molecular weight is 473 g/mol. The Bertz CT molecular complexity index is 1080. The lowest BCUT2D eigenvalue weighted by molar-refractivity contribution is -0.144.